The Balaban J connectivity index is 1.40. The number of carbonyl (C=O) groups is 1. The summed E-state index contributed by atoms with van der Waals surface area (Å²) in [6.07, 6.45) is 51.4. The highest BCUT2D eigenvalue weighted by molar-refractivity contribution is 5.76. The van der Waals surface area contributed by atoms with Crippen LogP contribution in [0.5, 0.6) is 0 Å². The molecule has 0 aromatic carbocycles. The minimum atomic E-state index is -1.99. The van der Waals surface area contributed by atoms with Crippen LogP contribution in [0.1, 0.15) is 206 Å². The van der Waals surface area contributed by atoms with Gasteiger partial charge in [0.1, 0.15) is 73.2 Å². The second-order valence-electron chi connectivity index (χ2n) is 25.0. The second kappa shape index (κ2) is 55.8. The fourth-order valence-corrected chi connectivity index (χ4v) is 11.2. The molecular weight excluding hydrogens is 1210 g/mol. The van der Waals surface area contributed by atoms with Gasteiger partial charge in [-0.05, 0) is 96.3 Å². The van der Waals surface area contributed by atoms with E-state index in [1.54, 1.807) is 6.08 Å². The lowest BCUT2D eigenvalue weighted by molar-refractivity contribution is -0.379. The van der Waals surface area contributed by atoms with Crippen molar-refractivity contribution in [3.05, 3.63) is 134 Å². The van der Waals surface area contributed by atoms with Gasteiger partial charge in [-0.25, -0.2) is 0 Å². The van der Waals surface area contributed by atoms with Crippen LogP contribution < -0.4 is 5.32 Å². The molecule has 1 amide bonds. The molecule has 0 saturated carbocycles. The zero-order chi connectivity index (χ0) is 68.9. The van der Waals surface area contributed by atoms with Crippen molar-refractivity contribution < 1.29 is 89.4 Å². The summed E-state index contributed by atoms with van der Waals surface area (Å²) in [5.41, 5.74) is 0. The number of nitrogens with one attached hydrogen (secondary N) is 1. The highest BCUT2D eigenvalue weighted by atomic mass is 16.8. The molecule has 19 heteroatoms. The van der Waals surface area contributed by atoms with Crippen LogP contribution in [-0.4, -0.2) is 193 Å². The number of rotatable bonds is 53. The molecular formula is C76H125NO18. The maximum absolute atomic E-state index is 13.4. The molecule has 3 aliphatic heterocycles. The molecule has 0 radical (unpaired) electrons. The SMILES string of the molecule is CC/C=C\C/C=C\C/C=C\C/C=C\C/C=C\C/C=C\C/C=C\C/C=C\C/C=C\C/C=C\CCCCCCC(=O)NC(COC1OC(CO)C(OC2OC(CO)C(OC3OC(CO)C(O)C(O)C3O)C(O)C2O)C(O)C1O)C(O)/C=C/CCCCCCCCCCCCCCC. The molecule has 0 spiro atoms. The molecule has 0 aromatic heterocycles. The van der Waals surface area contributed by atoms with E-state index in [0.717, 1.165) is 116 Å². The minimum absolute atomic E-state index is 0.204. The summed E-state index contributed by atoms with van der Waals surface area (Å²) in [6, 6.07) is -0.997. The highest BCUT2D eigenvalue weighted by Gasteiger charge is 2.53. The Bertz CT molecular complexity index is 2240. The van der Waals surface area contributed by atoms with E-state index in [2.05, 4.69) is 141 Å². The maximum Gasteiger partial charge on any atom is 0.220 e. The van der Waals surface area contributed by atoms with Gasteiger partial charge in [-0.1, -0.05) is 237 Å². The highest BCUT2D eigenvalue weighted by Crippen LogP contribution is 2.33. The number of amides is 1. The smallest absolute Gasteiger partial charge is 0.220 e. The number of unbranched alkanes of at least 4 members (excludes halogenated alkanes) is 17. The van der Waals surface area contributed by atoms with E-state index < -0.39 is 124 Å². The van der Waals surface area contributed by atoms with E-state index in [1.165, 1.54) is 64.2 Å². The van der Waals surface area contributed by atoms with Gasteiger partial charge in [0.15, 0.2) is 18.9 Å². The zero-order valence-electron chi connectivity index (χ0n) is 57.3. The van der Waals surface area contributed by atoms with E-state index in [0.29, 0.717) is 6.42 Å². The Morgan fingerprint density at radius 3 is 1.14 bits per heavy atom. The summed E-state index contributed by atoms with van der Waals surface area (Å²) in [5, 5.41) is 120. The van der Waals surface area contributed by atoms with E-state index >= 15 is 0 Å². The topological polar surface area (TPSA) is 307 Å². The van der Waals surface area contributed by atoms with Crippen molar-refractivity contribution >= 4 is 5.91 Å². The molecule has 3 aliphatic rings. The van der Waals surface area contributed by atoms with E-state index in [9.17, 15) is 61.0 Å². The van der Waals surface area contributed by atoms with E-state index in [4.69, 9.17) is 28.4 Å². The summed E-state index contributed by atoms with van der Waals surface area (Å²) in [6.45, 7) is 1.57. The van der Waals surface area contributed by atoms with Gasteiger partial charge in [0.2, 0.25) is 5.91 Å². The molecule has 3 fully saturated rings. The van der Waals surface area contributed by atoms with Crippen LogP contribution in [0.25, 0.3) is 0 Å². The molecule has 17 unspecified atom stereocenters. The van der Waals surface area contributed by atoms with Gasteiger partial charge in [0, 0.05) is 6.42 Å². The lowest BCUT2D eigenvalue weighted by Gasteiger charge is -2.48. The van der Waals surface area contributed by atoms with Crippen LogP contribution in [0.3, 0.4) is 0 Å². The number of allylic oxidation sites excluding steroid dienone is 21. The molecule has 3 saturated heterocycles. The summed E-state index contributed by atoms with van der Waals surface area (Å²) in [5.74, 6) is -0.306. The number of ether oxygens (including phenoxy) is 6. The van der Waals surface area contributed by atoms with Crippen molar-refractivity contribution in [1.29, 1.82) is 0 Å². The fraction of sp³-hybridized carbons (Fsp3) is 0.697. The van der Waals surface area contributed by atoms with Crippen molar-refractivity contribution in [3.8, 4) is 0 Å². The van der Waals surface area contributed by atoms with Gasteiger partial charge in [0.25, 0.3) is 0 Å². The maximum atomic E-state index is 13.4. The van der Waals surface area contributed by atoms with Gasteiger partial charge in [-0.2, -0.15) is 0 Å². The van der Waals surface area contributed by atoms with Gasteiger partial charge in [-0.3, -0.25) is 4.79 Å². The van der Waals surface area contributed by atoms with Crippen LogP contribution in [0.4, 0.5) is 0 Å². The first kappa shape index (κ1) is 85.2. The van der Waals surface area contributed by atoms with Crippen molar-refractivity contribution in [2.24, 2.45) is 0 Å². The Labute approximate surface area is 569 Å². The Morgan fingerprint density at radius 1 is 0.389 bits per heavy atom. The zero-order valence-corrected chi connectivity index (χ0v) is 57.3. The third-order valence-electron chi connectivity index (χ3n) is 17.0. The molecule has 17 atom stereocenters. The second-order valence-corrected chi connectivity index (χ2v) is 25.0. The average Bonchev–Trinajstić information content (AvgIpc) is 0.799. The molecule has 19 nitrogen and oxygen atoms in total. The van der Waals surface area contributed by atoms with Gasteiger partial charge >= 0.3 is 0 Å². The first-order chi connectivity index (χ1) is 46.3. The number of carbonyl (C=O) groups excluding carboxylic acids is 1. The Hall–Kier alpha value is -4.07. The summed E-state index contributed by atoms with van der Waals surface area (Å²) >= 11 is 0. The number of hydrogen-bond donors (Lipinski definition) is 12. The monoisotopic (exact) mass is 1340 g/mol. The van der Waals surface area contributed by atoms with Crippen LogP contribution in [-0.2, 0) is 33.2 Å². The summed E-state index contributed by atoms with van der Waals surface area (Å²) in [7, 11) is 0. The molecule has 542 valence electrons. The standard InChI is InChI=1S/C76H125NO18/c1-3-5-7-9-11-13-15-17-19-20-21-22-23-24-25-26-27-28-29-30-31-32-33-34-35-36-37-38-40-42-44-46-48-50-52-54-64(82)77-59(60(81)53-51-49-47-45-43-41-39-18-16-14-12-10-8-6-4-2)58-90-74-70(88)67(85)72(62(56-79)92-74)95-76-71(89)68(86)73(63(57-80)93-76)94-75-69(87)66(84)65(83)61(55-78)91-75/h5,7,11,13,17,19,21-22,24-25,27-28,30-31,33-34,36-37,40,42,51,53,59-63,65-76,78-81,83-89H,3-4,6,8-10,12,14-16,18,20,23,26,29,32,35,38-39,41,43-50,52,54-58H2,1-2H3,(H,77,82)/b7-5-,13-11-,19-17-,22-21-,25-24-,28-27-,31-30-,34-33-,37-36-,42-40-,53-51+. The quantitative estimate of drug-likeness (QED) is 0.0199. The minimum Gasteiger partial charge on any atom is -0.394 e. The first-order valence-corrected chi connectivity index (χ1v) is 35.9. The van der Waals surface area contributed by atoms with Crippen molar-refractivity contribution in [2.45, 2.75) is 311 Å². The number of aliphatic hydroxyl groups excluding tert-OH is 11. The Kier molecular flexibility index (Phi) is 50.0. The molecule has 12 N–H and O–H groups in total. The number of hydrogen-bond acceptors (Lipinski definition) is 18. The first-order valence-electron chi connectivity index (χ1n) is 35.9. The lowest BCUT2D eigenvalue weighted by atomic mass is 9.96. The molecule has 3 heterocycles. The lowest BCUT2D eigenvalue weighted by Crippen LogP contribution is -2.66. The molecule has 3 rings (SSSR count). The van der Waals surface area contributed by atoms with Crippen molar-refractivity contribution in [2.75, 3.05) is 26.4 Å². The van der Waals surface area contributed by atoms with Crippen molar-refractivity contribution in [1.82, 2.24) is 5.32 Å². The van der Waals surface area contributed by atoms with Gasteiger partial charge in [0.05, 0.1) is 38.6 Å². The molecule has 0 aliphatic carbocycles. The third-order valence-corrected chi connectivity index (χ3v) is 17.0. The van der Waals surface area contributed by atoms with Crippen LogP contribution in [0, 0.1) is 0 Å². The fourth-order valence-electron chi connectivity index (χ4n) is 11.2. The molecule has 0 bridgehead atoms. The molecule has 95 heavy (non-hydrogen) atoms. The predicted octanol–water partition coefficient (Wildman–Crippen LogP) is 10.2. The number of aliphatic hydroxyl groups is 11. The van der Waals surface area contributed by atoms with E-state index in [1.807, 2.05) is 6.08 Å². The largest absolute Gasteiger partial charge is 0.394 e. The summed E-state index contributed by atoms with van der Waals surface area (Å²) < 4.78 is 34.3. The molecule has 0 aromatic rings. The van der Waals surface area contributed by atoms with Crippen LogP contribution in [0.15, 0.2) is 134 Å². The van der Waals surface area contributed by atoms with Crippen LogP contribution in [0.2, 0.25) is 0 Å². The Morgan fingerprint density at radius 2 is 0.726 bits per heavy atom. The predicted molar refractivity (Wildman–Crippen MR) is 373 cm³/mol. The average molecular weight is 1340 g/mol. The summed E-state index contributed by atoms with van der Waals surface area (Å²) in [4.78, 5) is 13.4. The van der Waals surface area contributed by atoms with Crippen molar-refractivity contribution in [3.63, 3.8) is 0 Å². The van der Waals surface area contributed by atoms with E-state index in [-0.39, 0.29) is 18.9 Å². The third kappa shape index (κ3) is 37.1. The van der Waals surface area contributed by atoms with Gasteiger partial charge < -0.3 is 89.9 Å². The van der Waals surface area contributed by atoms with Crippen LogP contribution >= 0.6 is 0 Å². The normalized spacial score (nSPS) is 28.0. The van der Waals surface area contributed by atoms with Gasteiger partial charge in [-0.15, -0.1) is 0 Å².